The van der Waals surface area contributed by atoms with Crippen molar-refractivity contribution in [1.82, 2.24) is 9.38 Å². The fourth-order valence-electron chi connectivity index (χ4n) is 1.16. The van der Waals surface area contributed by atoms with E-state index in [0.29, 0.717) is 16.9 Å². The van der Waals surface area contributed by atoms with Crippen LogP contribution in [0, 0.1) is 11.3 Å². The van der Waals surface area contributed by atoms with E-state index in [4.69, 9.17) is 5.26 Å². The number of carbonyl (C=O) groups excluding carboxylic acids is 1. The van der Waals surface area contributed by atoms with Gasteiger partial charge in [0.25, 0.3) is 0 Å². The van der Waals surface area contributed by atoms with E-state index in [-0.39, 0.29) is 0 Å². The van der Waals surface area contributed by atoms with E-state index >= 15 is 0 Å². The maximum atomic E-state index is 10.5. The highest BCUT2D eigenvalue weighted by atomic mass is 16.1. The van der Waals surface area contributed by atoms with Crippen molar-refractivity contribution in [2.45, 2.75) is 0 Å². The molecule has 0 aliphatic carbocycles. The Labute approximate surface area is 74.1 Å². The van der Waals surface area contributed by atoms with Gasteiger partial charge in [0.1, 0.15) is 11.3 Å². The highest BCUT2D eigenvalue weighted by Crippen LogP contribution is 2.06. The van der Waals surface area contributed by atoms with Gasteiger partial charge in [-0.2, -0.15) is 5.26 Å². The van der Waals surface area contributed by atoms with Crippen LogP contribution < -0.4 is 0 Å². The van der Waals surface area contributed by atoms with E-state index in [2.05, 4.69) is 4.98 Å². The highest BCUT2D eigenvalue weighted by molar-refractivity contribution is 5.74. The van der Waals surface area contributed by atoms with Crippen molar-refractivity contribution in [3.63, 3.8) is 0 Å². The van der Waals surface area contributed by atoms with E-state index in [1.54, 1.807) is 22.7 Å². The molecule has 0 spiro atoms. The lowest BCUT2D eigenvalue weighted by Crippen LogP contribution is -1.90. The van der Waals surface area contributed by atoms with Gasteiger partial charge in [0.15, 0.2) is 6.29 Å². The molecule has 62 valence electrons. The number of fused-ring (bicyclic) bond motifs is 1. The molecule has 0 aliphatic rings. The maximum absolute atomic E-state index is 10.5. The molecule has 2 rings (SSSR count). The van der Waals surface area contributed by atoms with Crippen LogP contribution in [0.4, 0.5) is 0 Å². The predicted octanol–water partition coefficient (Wildman–Crippen LogP) is 1.02. The van der Waals surface area contributed by atoms with Gasteiger partial charge in [-0.3, -0.25) is 9.20 Å². The number of pyridine rings is 1. The molecule has 13 heavy (non-hydrogen) atoms. The van der Waals surface area contributed by atoms with Crippen LogP contribution in [0.25, 0.3) is 5.65 Å². The molecule has 0 amide bonds. The number of aldehydes is 1. The van der Waals surface area contributed by atoms with E-state index in [1.165, 1.54) is 6.20 Å². The van der Waals surface area contributed by atoms with Gasteiger partial charge >= 0.3 is 0 Å². The third-order valence-electron chi connectivity index (χ3n) is 1.79. The van der Waals surface area contributed by atoms with Crippen LogP contribution >= 0.6 is 0 Å². The molecular weight excluding hydrogens is 166 g/mol. The van der Waals surface area contributed by atoms with E-state index in [9.17, 15) is 4.79 Å². The fourth-order valence-corrected chi connectivity index (χ4v) is 1.16. The number of carbonyl (C=O) groups is 1. The smallest absolute Gasteiger partial charge is 0.168 e. The molecule has 4 nitrogen and oxygen atoms in total. The van der Waals surface area contributed by atoms with E-state index < -0.39 is 0 Å². The quantitative estimate of drug-likeness (QED) is 0.602. The highest BCUT2D eigenvalue weighted by Gasteiger charge is 2.01. The first-order valence-corrected chi connectivity index (χ1v) is 3.67. The Hall–Kier alpha value is -2.15. The topological polar surface area (TPSA) is 58.2 Å². The Kier molecular flexibility index (Phi) is 1.57. The fraction of sp³-hybridized carbons (Fsp3) is 0. The van der Waals surface area contributed by atoms with Gasteiger partial charge in [-0.25, -0.2) is 4.98 Å². The van der Waals surface area contributed by atoms with Crippen LogP contribution in [0.3, 0.4) is 0 Å². The first-order valence-electron chi connectivity index (χ1n) is 3.67. The Morgan fingerprint density at radius 2 is 2.46 bits per heavy atom. The van der Waals surface area contributed by atoms with Crippen molar-refractivity contribution in [3.8, 4) is 6.07 Å². The van der Waals surface area contributed by atoms with Crippen molar-refractivity contribution in [3.05, 3.63) is 35.8 Å². The lowest BCUT2D eigenvalue weighted by molar-refractivity contribution is 0.111. The molecular formula is C9H5N3O. The maximum Gasteiger partial charge on any atom is 0.168 e. The van der Waals surface area contributed by atoms with Crippen LogP contribution in [0.1, 0.15) is 16.1 Å². The third kappa shape index (κ3) is 1.07. The lowest BCUT2D eigenvalue weighted by Gasteiger charge is -1.93. The predicted molar refractivity (Wildman–Crippen MR) is 45.3 cm³/mol. The van der Waals surface area contributed by atoms with Crippen molar-refractivity contribution in [1.29, 1.82) is 5.26 Å². The summed E-state index contributed by atoms with van der Waals surface area (Å²) in [7, 11) is 0. The summed E-state index contributed by atoms with van der Waals surface area (Å²) in [6.45, 7) is 0. The zero-order valence-corrected chi connectivity index (χ0v) is 6.64. The number of imidazole rings is 1. The molecule has 2 heterocycles. The molecule has 4 heteroatoms. The molecule has 0 atom stereocenters. The molecule has 2 aromatic rings. The standard InChI is InChI=1S/C9H5N3O/c10-4-7-1-2-12-8(6-13)5-11-9(12)3-7/h1-3,5-6H. The number of aromatic nitrogens is 2. The van der Waals surface area contributed by atoms with Crippen molar-refractivity contribution in [2.24, 2.45) is 0 Å². The second kappa shape index (κ2) is 2.72. The summed E-state index contributed by atoms with van der Waals surface area (Å²) in [5.41, 5.74) is 1.64. The zero-order chi connectivity index (χ0) is 9.26. The Bertz CT molecular complexity index is 507. The van der Waals surface area contributed by atoms with Crippen LogP contribution in [0.5, 0.6) is 0 Å². The summed E-state index contributed by atoms with van der Waals surface area (Å²) in [6, 6.07) is 5.28. The molecule has 0 aliphatic heterocycles. The van der Waals surface area contributed by atoms with Gasteiger partial charge in [0, 0.05) is 6.20 Å². The molecule has 0 fully saturated rings. The van der Waals surface area contributed by atoms with Crippen LogP contribution in [0.2, 0.25) is 0 Å². The average Bonchev–Trinajstić information content (AvgIpc) is 2.59. The van der Waals surface area contributed by atoms with E-state index in [1.807, 2.05) is 6.07 Å². The van der Waals surface area contributed by atoms with Crippen molar-refractivity contribution < 1.29 is 4.79 Å². The first kappa shape index (κ1) is 7.50. The number of hydrogen-bond acceptors (Lipinski definition) is 3. The summed E-state index contributed by atoms with van der Waals surface area (Å²) >= 11 is 0. The molecule has 0 aromatic carbocycles. The van der Waals surface area contributed by atoms with Crippen LogP contribution in [0.15, 0.2) is 24.5 Å². The Morgan fingerprint density at radius 3 is 3.15 bits per heavy atom. The van der Waals surface area contributed by atoms with Gasteiger partial charge < -0.3 is 0 Å². The van der Waals surface area contributed by atoms with Crippen LogP contribution in [-0.4, -0.2) is 15.7 Å². The molecule has 0 unspecified atom stereocenters. The number of rotatable bonds is 1. The second-order valence-electron chi connectivity index (χ2n) is 2.56. The summed E-state index contributed by atoms with van der Waals surface area (Å²) in [5.74, 6) is 0. The minimum absolute atomic E-state index is 0.486. The third-order valence-corrected chi connectivity index (χ3v) is 1.79. The van der Waals surface area contributed by atoms with Gasteiger partial charge in [-0.15, -0.1) is 0 Å². The number of hydrogen-bond donors (Lipinski definition) is 0. The van der Waals surface area contributed by atoms with Gasteiger partial charge in [0.2, 0.25) is 0 Å². The minimum atomic E-state index is 0.486. The Balaban J connectivity index is 2.76. The molecule has 0 saturated carbocycles. The molecule has 0 saturated heterocycles. The SMILES string of the molecule is N#Cc1ccn2c(C=O)cnc2c1. The normalized spacial score (nSPS) is 9.77. The van der Waals surface area contributed by atoms with Gasteiger partial charge in [-0.1, -0.05) is 0 Å². The first-order chi connectivity index (χ1) is 6.35. The number of nitriles is 1. The minimum Gasteiger partial charge on any atom is -0.297 e. The Morgan fingerprint density at radius 1 is 1.62 bits per heavy atom. The summed E-state index contributed by atoms with van der Waals surface area (Å²) in [4.78, 5) is 14.5. The molecule has 0 N–H and O–H groups in total. The van der Waals surface area contributed by atoms with Gasteiger partial charge in [-0.05, 0) is 12.1 Å². The lowest BCUT2D eigenvalue weighted by atomic mass is 10.3. The molecule has 2 aromatic heterocycles. The summed E-state index contributed by atoms with van der Waals surface area (Å²) in [6.07, 6.45) is 3.86. The number of nitrogens with zero attached hydrogens (tertiary/aromatic N) is 3. The average molecular weight is 171 g/mol. The largest absolute Gasteiger partial charge is 0.297 e. The van der Waals surface area contributed by atoms with Crippen LogP contribution in [-0.2, 0) is 0 Å². The van der Waals surface area contributed by atoms with Gasteiger partial charge in [0.05, 0.1) is 17.8 Å². The van der Waals surface area contributed by atoms with Crippen molar-refractivity contribution in [2.75, 3.05) is 0 Å². The van der Waals surface area contributed by atoms with E-state index in [0.717, 1.165) is 6.29 Å². The molecule has 0 radical (unpaired) electrons. The van der Waals surface area contributed by atoms with Crippen molar-refractivity contribution >= 4 is 11.9 Å². The summed E-state index contributed by atoms with van der Waals surface area (Å²) < 4.78 is 1.63. The molecule has 0 bridgehead atoms. The second-order valence-corrected chi connectivity index (χ2v) is 2.56. The zero-order valence-electron chi connectivity index (χ0n) is 6.64. The summed E-state index contributed by atoms with van der Waals surface area (Å²) in [5, 5.41) is 8.60. The monoisotopic (exact) mass is 171 g/mol.